The van der Waals surface area contributed by atoms with Gasteiger partial charge in [0.1, 0.15) is 11.2 Å². The van der Waals surface area contributed by atoms with Gasteiger partial charge >= 0.3 is 0 Å². The van der Waals surface area contributed by atoms with Crippen LogP contribution in [0.5, 0.6) is 0 Å². The Kier molecular flexibility index (Phi) is 7.11. The predicted molar refractivity (Wildman–Crippen MR) is 139 cm³/mol. The number of likely N-dealkylation sites (N-methyl/N-ethyl adjacent to an activating group) is 1. The number of nitrogens with one attached hydrogen (secondary N) is 1. The number of hydrogen-bond acceptors (Lipinski definition) is 5. The van der Waals surface area contributed by atoms with Crippen molar-refractivity contribution in [3.63, 3.8) is 0 Å². The molecule has 2 aliphatic rings. The summed E-state index contributed by atoms with van der Waals surface area (Å²) < 4.78 is 1.52. The average Bonchev–Trinajstić information content (AvgIpc) is 3.27. The molecule has 0 saturated carbocycles. The van der Waals surface area contributed by atoms with Crippen molar-refractivity contribution >= 4 is 23.4 Å². The minimum Gasteiger partial charge on any atom is -0.368 e. The predicted octanol–water partition coefficient (Wildman–Crippen LogP) is 2.47. The van der Waals surface area contributed by atoms with Crippen molar-refractivity contribution in [2.75, 3.05) is 44.7 Å². The van der Waals surface area contributed by atoms with Crippen LogP contribution in [-0.2, 0) is 11.3 Å². The fraction of sp³-hybridized carbons (Fsp3) is 0.556. The van der Waals surface area contributed by atoms with Gasteiger partial charge in [-0.2, -0.15) is 5.10 Å². The number of aromatic nitrogens is 2. The molecule has 4 rings (SSSR count). The van der Waals surface area contributed by atoms with Crippen LogP contribution in [0.1, 0.15) is 59.3 Å². The number of piperazine rings is 1. The van der Waals surface area contributed by atoms with Crippen molar-refractivity contribution in [1.82, 2.24) is 24.9 Å². The molecule has 9 nitrogen and oxygen atoms in total. The minimum absolute atomic E-state index is 0.184. The maximum Gasteiger partial charge on any atom is 0.274 e. The summed E-state index contributed by atoms with van der Waals surface area (Å²) in [6.07, 6.45) is 0.863. The molecule has 0 spiro atoms. The van der Waals surface area contributed by atoms with E-state index in [4.69, 9.17) is 0 Å². The Morgan fingerprint density at radius 1 is 1.11 bits per heavy atom. The van der Waals surface area contributed by atoms with E-state index in [9.17, 15) is 14.4 Å². The summed E-state index contributed by atoms with van der Waals surface area (Å²) >= 11 is 0. The number of hydrogen-bond donors (Lipinski definition) is 1. The van der Waals surface area contributed by atoms with E-state index in [1.165, 1.54) is 26.4 Å². The molecule has 0 radical (unpaired) electrons. The molecule has 194 valence electrons. The zero-order chi connectivity index (χ0) is 26.2. The summed E-state index contributed by atoms with van der Waals surface area (Å²) in [5, 5.41) is 7.44. The monoisotopic (exact) mass is 494 g/mol. The largest absolute Gasteiger partial charge is 0.368 e. The topological polar surface area (TPSA) is 90.8 Å². The van der Waals surface area contributed by atoms with E-state index in [0.717, 1.165) is 19.5 Å². The maximum atomic E-state index is 13.3. The zero-order valence-corrected chi connectivity index (χ0v) is 22.3. The molecule has 1 fully saturated rings. The molecule has 3 amide bonds. The van der Waals surface area contributed by atoms with Crippen molar-refractivity contribution in [2.24, 2.45) is 5.92 Å². The summed E-state index contributed by atoms with van der Waals surface area (Å²) in [7, 11) is 1.63. The quantitative estimate of drug-likeness (QED) is 0.666. The lowest BCUT2D eigenvalue weighted by Gasteiger charge is -2.40. The number of aryl methyl sites for hydroxylation is 2. The van der Waals surface area contributed by atoms with Crippen LogP contribution in [0.2, 0.25) is 0 Å². The molecule has 2 aliphatic heterocycles. The van der Waals surface area contributed by atoms with Crippen molar-refractivity contribution in [3.05, 3.63) is 46.8 Å². The Morgan fingerprint density at radius 2 is 1.81 bits per heavy atom. The lowest BCUT2D eigenvalue weighted by atomic mass is 9.95. The number of nitrogens with zero attached hydrogens (tertiary/aromatic N) is 5. The lowest BCUT2D eigenvalue weighted by molar-refractivity contribution is -0.132. The first kappa shape index (κ1) is 25.7. The van der Waals surface area contributed by atoms with Gasteiger partial charge in [-0.25, -0.2) is 0 Å². The molecule has 1 aromatic carbocycles. The third-order valence-electron chi connectivity index (χ3n) is 7.49. The highest BCUT2D eigenvalue weighted by molar-refractivity contribution is 6.01. The zero-order valence-electron chi connectivity index (χ0n) is 22.3. The second-order valence-corrected chi connectivity index (χ2v) is 10.7. The molecule has 9 heteroatoms. The van der Waals surface area contributed by atoms with E-state index in [1.54, 1.807) is 24.9 Å². The third kappa shape index (κ3) is 4.83. The molecule has 3 heterocycles. The average molecular weight is 495 g/mol. The number of benzene rings is 1. The van der Waals surface area contributed by atoms with Crippen molar-refractivity contribution < 1.29 is 14.4 Å². The van der Waals surface area contributed by atoms with E-state index < -0.39 is 5.54 Å². The summed E-state index contributed by atoms with van der Waals surface area (Å²) in [5.74, 6) is -0.237. The molecule has 0 unspecified atom stereocenters. The van der Waals surface area contributed by atoms with Crippen molar-refractivity contribution in [1.29, 1.82) is 0 Å². The molecule has 0 aliphatic carbocycles. The highest BCUT2D eigenvalue weighted by Gasteiger charge is 2.46. The van der Waals surface area contributed by atoms with Gasteiger partial charge in [-0.1, -0.05) is 26.0 Å². The summed E-state index contributed by atoms with van der Waals surface area (Å²) in [4.78, 5) is 45.0. The van der Waals surface area contributed by atoms with Gasteiger partial charge in [-0.05, 0) is 50.3 Å². The number of amides is 3. The fourth-order valence-corrected chi connectivity index (χ4v) is 4.87. The molecule has 0 bridgehead atoms. The Balaban J connectivity index is 1.45. The van der Waals surface area contributed by atoms with Crippen LogP contribution in [0.4, 0.5) is 5.69 Å². The van der Waals surface area contributed by atoms with E-state index in [-0.39, 0.29) is 30.0 Å². The molecular formula is C27H38N6O3. The standard InChI is InChI=1S/C27H38N6O3/c1-18(2)9-10-28-26(36)27(5)17-33-23(25(35)30(27)6)16-21(29-33)24(34)32-13-11-31(12-14-32)22-15-19(3)7-8-20(22)4/h7-8,15-16,18H,9-14,17H2,1-6H3,(H,28,36)/t27-/m1/s1. The van der Waals surface area contributed by atoms with Crippen molar-refractivity contribution in [2.45, 2.75) is 53.1 Å². The van der Waals surface area contributed by atoms with E-state index in [0.29, 0.717) is 31.2 Å². The summed E-state index contributed by atoms with van der Waals surface area (Å²) in [6.45, 7) is 13.5. The normalized spacial score (nSPS) is 20.1. The fourth-order valence-electron chi connectivity index (χ4n) is 4.87. The van der Waals surface area contributed by atoms with Crippen LogP contribution >= 0.6 is 0 Å². The molecular weight excluding hydrogens is 456 g/mol. The number of anilines is 1. The first-order chi connectivity index (χ1) is 17.0. The number of carbonyl (C=O) groups is 3. The number of rotatable bonds is 6. The van der Waals surface area contributed by atoms with Crippen LogP contribution in [0, 0.1) is 19.8 Å². The van der Waals surface area contributed by atoms with Gasteiger partial charge in [-0.3, -0.25) is 19.1 Å². The number of fused-ring (bicyclic) bond motifs is 1. The third-order valence-corrected chi connectivity index (χ3v) is 7.49. The highest BCUT2D eigenvalue weighted by atomic mass is 16.2. The Morgan fingerprint density at radius 3 is 2.47 bits per heavy atom. The second-order valence-electron chi connectivity index (χ2n) is 10.7. The van der Waals surface area contributed by atoms with Gasteiger partial charge in [0.2, 0.25) is 5.91 Å². The Bertz CT molecular complexity index is 1160. The maximum absolute atomic E-state index is 13.3. The lowest BCUT2D eigenvalue weighted by Crippen LogP contribution is -2.62. The second kappa shape index (κ2) is 9.95. The van der Waals surface area contributed by atoms with E-state index in [1.807, 2.05) is 0 Å². The first-order valence-electron chi connectivity index (χ1n) is 12.8. The van der Waals surface area contributed by atoms with Crippen molar-refractivity contribution in [3.8, 4) is 0 Å². The Hall–Kier alpha value is -3.36. The Labute approximate surface area is 213 Å². The van der Waals surface area contributed by atoms with E-state index >= 15 is 0 Å². The van der Waals surface area contributed by atoms with E-state index in [2.05, 4.69) is 61.2 Å². The SMILES string of the molecule is Cc1ccc(C)c(N2CCN(C(=O)c3cc4n(n3)C[C@](C)(C(=O)NCCC(C)C)N(C)C4=O)CC2)c1. The summed E-state index contributed by atoms with van der Waals surface area (Å²) in [6, 6.07) is 7.99. The molecule has 2 aromatic rings. The molecule has 36 heavy (non-hydrogen) atoms. The van der Waals surface area contributed by atoms with Gasteiger partial charge in [0.15, 0.2) is 5.69 Å². The van der Waals surface area contributed by atoms with Gasteiger partial charge in [0.25, 0.3) is 11.8 Å². The van der Waals surface area contributed by atoms with Gasteiger partial charge in [-0.15, -0.1) is 0 Å². The first-order valence-corrected chi connectivity index (χ1v) is 12.8. The van der Waals surface area contributed by atoms with Gasteiger partial charge in [0.05, 0.1) is 6.54 Å². The minimum atomic E-state index is -1.08. The molecule has 1 saturated heterocycles. The van der Waals surface area contributed by atoms with Crippen LogP contribution in [0.25, 0.3) is 0 Å². The van der Waals surface area contributed by atoms with Crippen LogP contribution in [0.3, 0.4) is 0 Å². The summed E-state index contributed by atoms with van der Waals surface area (Å²) in [5.41, 5.74) is 3.15. The van der Waals surface area contributed by atoms with Crippen LogP contribution in [0.15, 0.2) is 24.3 Å². The van der Waals surface area contributed by atoms with Crippen LogP contribution < -0.4 is 10.2 Å². The molecule has 1 aromatic heterocycles. The number of carbonyl (C=O) groups excluding carboxylic acids is 3. The molecule has 1 atom stereocenters. The van der Waals surface area contributed by atoms with Crippen LogP contribution in [-0.4, -0.2) is 82.6 Å². The highest BCUT2D eigenvalue weighted by Crippen LogP contribution is 2.27. The van der Waals surface area contributed by atoms with Gasteiger partial charge in [0, 0.05) is 51.5 Å². The smallest absolute Gasteiger partial charge is 0.274 e. The molecule has 1 N–H and O–H groups in total. The van der Waals surface area contributed by atoms with Gasteiger partial charge < -0.3 is 20.0 Å².